The SMILES string of the molecule is CCCCOC(=O)Nc1cc([C@@H](C)Nc2nnc(C)c3ccc(N4CCOCC4)cc23)nc(C(F)(F)F)c1. The smallest absolute Gasteiger partial charge is 0.433 e. The lowest BCUT2D eigenvalue weighted by atomic mass is 10.1. The lowest BCUT2D eigenvalue weighted by molar-refractivity contribution is -0.141. The lowest BCUT2D eigenvalue weighted by Gasteiger charge is -2.29. The molecule has 0 aliphatic carbocycles. The Bertz CT molecular complexity index is 1280. The fraction of sp³-hybridized carbons (Fsp3) is 0.462. The van der Waals surface area contributed by atoms with Gasteiger partial charge in [0.2, 0.25) is 0 Å². The topological polar surface area (TPSA) is 102 Å². The molecule has 1 aliphatic heterocycles. The number of unbranched alkanes of at least 4 members (excludes halogenated alkanes) is 1. The Balaban J connectivity index is 1.63. The molecular weight excluding hydrogens is 501 g/mol. The van der Waals surface area contributed by atoms with E-state index in [1.165, 1.54) is 6.07 Å². The van der Waals surface area contributed by atoms with E-state index < -0.39 is 24.0 Å². The highest BCUT2D eigenvalue weighted by Crippen LogP contribution is 2.33. The number of carbonyl (C=O) groups excluding carboxylic acids is 1. The van der Waals surface area contributed by atoms with Crippen LogP contribution in [-0.2, 0) is 15.7 Å². The molecule has 1 amide bonds. The summed E-state index contributed by atoms with van der Waals surface area (Å²) in [5.74, 6) is 0.418. The largest absolute Gasteiger partial charge is 0.449 e. The molecule has 0 saturated carbocycles. The third kappa shape index (κ3) is 6.60. The average molecular weight is 533 g/mol. The van der Waals surface area contributed by atoms with Crippen LogP contribution in [0.25, 0.3) is 10.8 Å². The van der Waals surface area contributed by atoms with Crippen molar-refractivity contribution < 1.29 is 27.4 Å². The summed E-state index contributed by atoms with van der Waals surface area (Å²) in [7, 11) is 0. The van der Waals surface area contributed by atoms with E-state index in [0.717, 1.165) is 47.7 Å². The molecule has 1 aliphatic rings. The number of nitrogens with zero attached hydrogens (tertiary/aromatic N) is 4. The Morgan fingerprint density at radius 1 is 1.16 bits per heavy atom. The van der Waals surface area contributed by atoms with E-state index in [2.05, 4.69) is 30.7 Å². The van der Waals surface area contributed by atoms with Crippen molar-refractivity contribution in [3.63, 3.8) is 0 Å². The Labute approximate surface area is 218 Å². The zero-order valence-corrected chi connectivity index (χ0v) is 21.6. The fourth-order valence-corrected chi connectivity index (χ4v) is 4.13. The molecule has 204 valence electrons. The molecule has 12 heteroatoms. The van der Waals surface area contributed by atoms with Gasteiger partial charge in [-0.05, 0) is 44.5 Å². The second-order valence-electron chi connectivity index (χ2n) is 9.11. The molecule has 1 saturated heterocycles. The first kappa shape index (κ1) is 27.4. The quantitative estimate of drug-likeness (QED) is 0.356. The van der Waals surface area contributed by atoms with Gasteiger partial charge in [0, 0.05) is 35.2 Å². The molecule has 4 rings (SSSR count). The number of benzene rings is 1. The minimum Gasteiger partial charge on any atom is -0.449 e. The van der Waals surface area contributed by atoms with Crippen molar-refractivity contribution in [2.24, 2.45) is 0 Å². The van der Waals surface area contributed by atoms with E-state index >= 15 is 0 Å². The van der Waals surface area contributed by atoms with Gasteiger partial charge in [0.05, 0.1) is 37.3 Å². The van der Waals surface area contributed by atoms with E-state index in [9.17, 15) is 18.0 Å². The van der Waals surface area contributed by atoms with Crippen LogP contribution in [-0.4, -0.2) is 54.2 Å². The van der Waals surface area contributed by atoms with Crippen molar-refractivity contribution in [2.45, 2.75) is 45.8 Å². The molecule has 1 atom stereocenters. The molecule has 0 radical (unpaired) electrons. The van der Waals surface area contributed by atoms with Gasteiger partial charge in [0.15, 0.2) is 5.82 Å². The second kappa shape index (κ2) is 11.8. The standard InChI is InChI=1S/C26H31F3N6O3/c1-4-5-10-38-25(36)31-18-13-22(32-23(14-18)26(27,28)29)17(3)30-24-21-15-19(35-8-11-37-12-9-35)6-7-20(21)16(2)33-34-24/h6-7,13-15,17H,4-5,8-12H2,1-3H3,(H,30,34)(H,31,32,36)/t17-/m1/s1. The number of morpholine rings is 1. The van der Waals surface area contributed by atoms with Crippen molar-refractivity contribution >= 4 is 34.1 Å². The molecule has 0 spiro atoms. The van der Waals surface area contributed by atoms with Gasteiger partial charge < -0.3 is 19.7 Å². The molecule has 9 nitrogen and oxygen atoms in total. The lowest BCUT2D eigenvalue weighted by Crippen LogP contribution is -2.36. The van der Waals surface area contributed by atoms with Crippen LogP contribution in [0.5, 0.6) is 0 Å². The van der Waals surface area contributed by atoms with Crippen LogP contribution in [0, 0.1) is 6.92 Å². The molecule has 1 aromatic carbocycles. The molecule has 0 unspecified atom stereocenters. The van der Waals surface area contributed by atoms with Crippen molar-refractivity contribution in [3.8, 4) is 0 Å². The maximum atomic E-state index is 13.6. The van der Waals surface area contributed by atoms with Crippen molar-refractivity contribution in [3.05, 3.63) is 47.4 Å². The number of anilines is 3. The number of fused-ring (bicyclic) bond motifs is 1. The molecule has 38 heavy (non-hydrogen) atoms. The highest BCUT2D eigenvalue weighted by Gasteiger charge is 2.34. The van der Waals surface area contributed by atoms with Gasteiger partial charge in [0.25, 0.3) is 0 Å². The Hall–Kier alpha value is -3.67. The number of nitrogens with one attached hydrogen (secondary N) is 2. The molecule has 3 heterocycles. The summed E-state index contributed by atoms with van der Waals surface area (Å²) in [6.45, 7) is 8.42. The molecular formula is C26H31F3N6O3. The predicted molar refractivity (Wildman–Crippen MR) is 138 cm³/mol. The summed E-state index contributed by atoms with van der Waals surface area (Å²) < 4.78 is 51.4. The second-order valence-corrected chi connectivity index (χ2v) is 9.11. The van der Waals surface area contributed by atoms with Crippen LogP contribution >= 0.6 is 0 Å². The first-order chi connectivity index (χ1) is 18.2. The highest BCUT2D eigenvalue weighted by molar-refractivity contribution is 5.95. The molecule has 2 aromatic heterocycles. The summed E-state index contributed by atoms with van der Waals surface area (Å²) in [6, 6.07) is 7.46. The maximum Gasteiger partial charge on any atom is 0.433 e. The van der Waals surface area contributed by atoms with Gasteiger partial charge in [-0.2, -0.15) is 18.3 Å². The van der Waals surface area contributed by atoms with Gasteiger partial charge in [0.1, 0.15) is 5.69 Å². The summed E-state index contributed by atoms with van der Waals surface area (Å²) in [6.07, 6.45) is -4.06. The number of amides is 1. The number of aryl methyl sites for hydroxylation is 1. The summed E-state index contributed by atoms with van der Waals surface area (Å²) >= 11 is 0. The van der Waals surface area contributed by atoms with Crippen LogP contribution in [0.1, 0.15) is 49.8 Å². The minimum atomic E-state index is -4.71. The van der Waals surface area contributed by atoms with Crippen LogP contribution in [0.15, 0.2) is 30.3 Å². The Morgan fingerprint density at radius 2 is 1.92 bits per heavy atom. The molecule has 1 fully saturated rings. The van der Waals surface area contributed by atoms with Gasteiger partial charge in [-0.1, -0.05) is 19.4 Å². The summed E-state index contributed by atoms with van der Waals surface area (Å²) in [5.41, 5.74) is 0.614. The number of aromatic nitrogens is 3. The van der Waals surface area contributed by atoms with Crippen LogP contribution in [0.4, 0.5) is 35.2 Å². The fourth-order valence-electron chi connectivity index (χ4n) is 4.13. The van der Waals surface area contributed by atoms with E-state index in [1.807, 2.05) is 32.0 Å². The molecule has 3 aromatic rings. The number of halogens is 3. The Kier molecular flexibility index (Phi) is 8.50. The van der Waals surface area contributed by atoms with E-state index in [4.69, 9.17) is 9.47 Å². The third-order valence-electron chi connectivity index (χ3n) is 6.23. The number of pyridine rings is 1. The first-order valence-electron chi connectivity index (χ1n) is 12.5. The highest BCUT2D eigenvalue weighted by atomic mass is 19.4. The molecule has 2 N–H and O–H groups in total. The van der Waals surface area contributed by atoms with E-state index in [1.54, 1.807) is 6.92 Å². The van der Waals surface area contributed by atoms with Crippen molar-refractivity contribution in [1.82, 2.24) is 15.2 Å². The van der Waals surface area contributed by atoms with Crippen molar-refractivity contribution in [1.29, 1.82) is 0 Å². The summed E-state index contributed by atoms with van der Waals surface area (Å²) in [5, 5.41) is 15.7. The van der Waals surface area contributed by atoms with E-state index in [0.29, 0.717) is 25.5 Å². The van der Waals surface area contributed by atoms with Gasteiger partial charge in [-0.25, -0.2) is 9.78 Å². The van der Waals surface area contributed by atoms with Crippen molar-refractivity contribution in [2.75, 3.05) is 48.4 Å². The normalized spacial score (nSPS) is 14.8. The number of hydrogen-bond acceptors (Lipinski definition) is 8. The average Bonchev–Trinajstić information content (AvgIpc) is 2.90. The first-order valence-corrected chi connectivity index (χ1v) is 12.5. The monoisotopic (exact) mass is 532 g/mol. The predicted octanol–water partition coefficient (Wildman–Crippen LogP) is 5.71. The zero-order chi connectivity index (χ0) is 27.3. The van der Waals surface area contributed by atoms with Crippen LogP contribution in [0.3, 0.4) is 0 Å². The third-order valence-corrected chi connectivity index (χ3v) is 6.23. The number of ether oxygens (including phenoxy) is 2. The number of alkyl halides is 3. The number of hydrogen-bond donors (Lipinski definition) is 2. The van der Waals surface area contributed by atoms with Gasteiger partial charge >= 0.3 is 12.3 Å². The molecule has 0 bridgehead atoms. The van der Waals surface area contributed by atoms with E-state index in [-0.39, 0.29) is 18.0 Å². The number of rotatable bonds is 8. The zero-order valence-electron chi connectivity index (χ0n) is 21.6. The van der Waals surface area contributed by atoms with Gasteiger partial charge in [-0.15, -0.1) is 5.10 Å². The van der Waals surface area contributed by atoms with Gasteiger partial charge in [-0.3, -0.25) is 5.32 Å². The minimum absolute atomic E-state index is 0.0630. The Morgan fingerprint density at radius 3 is 2.63 bits per heavy atom. The van der Waals surface area contributed by atoms with Crippen LogP contribution in [0.2, 0.25) is 0 Å². The maximum absolute atomic E-state index is 13.6. The number of carbonyl (C=O) groups is 1. The van der Waals surface area contributed by atoms with Crippen LogP contribution < -0.4 is 15.5 Å². The summed E-state index contributed by atoms with van der Waals surface area (Å²) in [4.78, 5) is 18.1.